The van der Waals surface area contributed by atoms with Gasteiger partial charge in [0.2, 0.25) is 0 Å². The molecule has 156 valence electrons. The largest absolute Gasteiger partial charge is 0.491 e. The number of aromatic nitrogens is 1. The summed E-state index contributed by atoms with van der Waals surface area (Å²) in [5.41, 5.74) is 1.97. The molecule has 7 heteroatoms. The van der Waals surface area contributed by atoms with E-state index in [2.05, 4.69) is 9.88 Å². The number of nitrogens with zero attached hydrogens (tertiary/aromatic N) is 3. The van der Waals surface area contributed by atoms with E-state index in [4.69, 9.17) is 9.47 Å². The Balaban J connectivity index is 0.00000240. The van der Waals surface area contributed by atoms with E-state index in [1.807, 2.05) is 53.7 Å². The molecule has 1 amide bonds. The number of halogens is 1. The third kappa shape index (κ3) is 5.92. The number of carbonyl (C=O) groups is 1. The SMILES string of the molecule is Cl.O=C(c1ccc(OCC2CCCO2)cc1)N1CCN(Cc2ccncc2)CC1. The second-order valence-corrected chi connectivity index (χ2v) is 7.39. The van der Waals surface area contributed by atoms with Crippen molar-refractivity contribution in [3.8, 4) is 5.75 Å². The molecule has 0 radical (unpaired) electrons. The van der Waals surface area contributed by atoms with Crippen LogP contribution in [0.25, 0.3) is 0 Å². The van der Waals surface area contributed by atoms with Crippen LogP contribution in [0, 0.1) is 0 Å². The molecule has 1 atom stereocenters. The molecule has 0 aliphatic carbocycles. The van der Waals surface area contributed by atoms with Crippen LogP contribution in [-0.4, -0.2) is 66.2 Å². The van der Waals surface area contributed by atoms with Crippen LogP contribution in [0.1, 0.15) is 28.8 Å². The Labute approximate surface area is 178 Å². The number of amides is 1. The lowest BCUT2D eigenvalue weighted by Gasteiger charge is -2.34. The highest BCUT2D eigenvalue weighted by Gasteiger charge is 2.22. The maximum atomic E-state index is 12.8. The Morgan fingerprint density at radius 1 is 1.07 bits per heavy atom. The minimum Gasteiger partial charge on any atom is -0.491 e. The van der Waals surface area contributed by atoms with Gasteiger partial charge in [-0.2, -0.15) is 0 Å². The van der Waals surface area contributed by atoms with Crippen LogP contribution < -0.4 is 4.74 Å². The maximum Gasteiger partial charge on any atom is 0.253 e. The van der Waals surface area contributed by atoms with Gasteiger partial charge in [0.05, 0.1) is 6.10 Å². The van der Waals surface area contributed by atoms with Crippen molar-refractivity contribution in [3.63, 3.8) is 0 Å². The fourth-order valence-corrected chi connectivity index (χ4v) is 3.70. The summed E-state index contributed by atoms with van der Waals surface area (Å²) in [4.78, 5) is 21.2. The van der Waals surface area contributed by atoms with E-state index in [1.165, 1.54) is 5.56 Å². The second kappa shape index (κ2) is 10.6. The first-order valence-electron chi connectivity index (χ1n) is 10.0. The van der Waals surface area contributed by atoms with Gasteiger partial charge in [0.25, 0.3) is 5.91 Å². The molecule has 2 saturated heterocycles. The lowest BCUT2D eigenvalue weighted by molar-refractivity contribution is 0.0627. The number of piperazine rings is 1. The summed E-state index contributed by atoms with van der Waals surface area (Å²) in [5.74, 6) is 0.878. The van der Waals surface area contributed by atoms with E-state index in [1.54, 1.807) is 0 Å². The quantitative estimate of drug-likeness (QED) is 0.723. The number of hydrogen-bond donors (Lipinski definition) is 0. The molecule has 1 unspecified atom stereocenters. The predicted octanol–water partition coefficient (Wildman–Crippen LogP) is 3.02. The summed E-state index contributed by atoms with van der Waals surface area (Å²) in [6, 6.07) is 11.6. The van der Waals surface area contributed by atoms with Gasteiger partial charge in [0, 0.05) is 57.3 Å². The van der Waals surface area contributed by atoms with Gasteiger partial charge in [0.15, 0.2) is 0 Å². The van der Waals surface area contributed by atoms with E-state index >= 15 is 0 Å². The van der Waals surface area contributed by atoms with Crippen LogP contribution in [0.5, 0.6) is 5.75 Å². The van der Waals surface area contributed by atoms with Gasteiger partial charge in [-0.05, 0) is 54.8 Å². The fourth-order valence-electron chi connectivity index (χ4n) is 3.70. The monoisotopic (exact) mass is 417 g/mol. The summed E-state index contributed by atoms with van der Waals surface area (Å²) in [6.07, 6.45) is 6.01. The highest BCUT2D eigenvalue weighted by atomic mass is 35.5. The van der Waals surface area contributed by atoms with Crippen molar-refractivity contribution in [2.75, 3.05) is 39.4 Å². The number of hydrogen-bond acceptors (Lipinski definition) is 5. The van der Waals surface area contributed by atoms with Crippen molar-refractivity contribution in [1.29, 1.82) is 0 Å². The number of carbonyl (C=O) groups excluding carboxylic acids is 1. The standard InChI is InChI=1S/C22H27N3O3.ClH/c26-22(19-3-5-20(6-4-19)28-17-21-2-1-15-27-21)25-13-11-24(12-14-25)16-18-7-9-23-10-8-18;/h3-10,21H,1-2,11-17H2;1H. The molecule has 29 heavy (non-hydrogen) atoms. The molecule has 2 fully saturated rings. The van der Waals surface area contributed by atoms with Crippen molar-refractivity contribution >= 4 is 18.3 Å². The van der Waals surface area contributed by atoms with Gasteiger partial charge in [-0.1, -0.05) is 0 Å². The third-order valence-electron chi connectivity index (χ3n) is 5.38. The molecule has 3 heterocycles. The van der Waals surface area contributed by atoms with E-state index in [-0.39, 0.29) is 24.4 Å². The van der Waals surface area contributed by atoms with Crippen molar-refractivity contribution in [1.82, 2.24) is 14.8 Å². The molecule has 0 N–H and O–H groups in total. The molecule has 0 saturated carbocycles. The Kier molecular flexibility index (Phi) is 7.86. The topological polar surface area (TPSA) is 54.9 Å². The minimum atomic E-state index is 0. The van der Waals surface area contributed by atoms with Gasteiger partial charge < -0.3 is 14.4 Å². The summed E-state index contributed by atoms with van der Waals surface area (Å²) in [7, 11) is 0. The molecule has 4 rings (SSSR count). The molecule has 1 aromatic carbocycles. The molecule has 0 bridgehead atoms. The summed E-state index contributed by atoms with van der Waals surface area (Å²) in [5, 5.41) is 0. The van der Waals surface area contributed by atoms with Crippen LogP contribution in [0.4, 0.5) is 0 Å². The van der Waals surface area contributed by atoms with E-state index in [0.29, 0.717) is 12.2 Å². The molecular formula is C22H28ClN3O3. The molecule has 2 aliphatic heterocycles. The average molecular weight is 418 g/mol. The van der Waals surface area contributed by atoms with Crippen LogP contribution >= 0.6 is 12.4 Å². The minimum absolute atomic E-state index is 0. The van der Waals surface area contributed by atoms with Crippen LogP contribution in [-0.2, 0) is 11.3 Å². The first-order valence-corrected chi connectivity index (χ1v) is 10.0. The maximum absolute atomic E-state index is 12.8. The molecule has 2 aromatic rings. The van der Waals surface area contributed by atoms with E-state index < -0.39 is 0 Å². The Bertz CT molecular complexity index is 759. The van der Waals surface area contributed by atoms with Gasteiger partial charge in [0.1, 0.15) is 12.4 Å². The zero-order valence-corrected chi connectivity index (χ0v) is 17.4. The predicted molar refractivity (Wildman–Crippen MR) is 114 cm³/mol. The first kappa shape index (κ1) is 21.6. The number of benzene rings is 1. The van der Waals surface area contributed by atoms with Crippen molar-refractivity contribution < 1.29 is 14.3 Å². The summed E-state index contributed by atoms with van der Waals surface area (Å²) >= 11 is 0. The fraction of sp³-hybridized carbons (Fsp3) is 0.455. The highest BCUT2D eigenvalue weighted by Crippen LogP contribution is 2.18. The van der Waals surface area contributed by atoms with E-state index in [0.717, 1.165) is 57.9 Å². The van der Waals surface area contributed by atoms with Crippen LogP contribution in [0.15, 0.2) is 48.8 Å². The Hall–Kier alpha value is -2.15. The summed E-state index contributed by atoms with van der Waals surface area (Å²) in [6.45, 7) is 5.58. The highest BCUT2D eigenvalue weighted by molar-refractivity contribution is 5.94. The van der Waals surface area contributed by atoms with Crippen molar-refractivity contribution in [3.05, 3.63) is 59.9 Å². The van der Waals surface area contributed by atoms with Gasteiger partial charge in [-0.25, -0.2) is 0 Å². The van der Waals surface area contributed by atoms with Gasteiger partial charge >= 0.3 is 0 Å². The molecular weight excluding hydrogens is 390 g/mol. The molecule has 0 spiro atoms. The molecule has 6 nitrogen and oxygen atoms in total. The number of pyridine rings is 1. The van der Waals surface area contributed by atoms with Crippen LogP contribution in [0.2, 0.25) is 0 Å². The van der Waals surface area contributed by atoms with Gasteiger partial charge in [-0.15, -0.1) is 12.4 Å². The van der Waals surface area contributed by atoms with Crippen molar-refractivity contribution in [2.24, 2.45) is 0 Å². The Morgan fingerprint density at radius 3 is 2.45 bits per heavy atom. The smallest absolute Gasteiger partial charge is 0.253 e. The lowest BCUT2D eigenvalue weighted by atomic mass is 10.1. The summed E-state index contributed by atoms with van der Waals surface area (Å²) < 4.78 is 11.3. The zero-order chi connectivity index (χ0) is 19.2. The second-order valence-electron chi connectivity index (χ2n) is 7.39. The normalized spacial score (nSPS) is 19.6. The molecule has 1 aromatic heterocycles. The lowest BCUT2D eigenvalue weighted by Crippen LogP contribution is -2.48. The third-order valence-corrected chi connectivity index (χ3v) is 5.38. The Morgan fingerprint density at radius 2 is 1.79 bits per heavy atom. The number of rotatable bonds is 6. The average Bonchev–Trinajstić information content (AvgIpc) is 3.27. The van der Waals surface area contributed by atoms with Crippen LogP contribution in [0.3, 0.4) is 0 Å². The molecule has 2 aliphatic rings. The zero-order valence-electron chi connectivity index (χ0n) is 16.5. The van der Waals surface area contributed by atoms with Gasteiger partial charge in [-0.3, -0.25) is 14.7 Å². The number of ether oxygens (including phenoxy) is 2. The van der Waals surface area contributed by atoms with E-state index in [9.17, 15) is 4.79 Å². The first-order chi connectivity index (χ1) is 13.8. The van der Waals surface area contributed by atoms with Crippen molar-refractivity contribution in [2.45, 2.75) is 25.5 Å².